The first kappa shape index (κ1) is 24.4. The Labute approximate surface area is 185 Å². The Bertz CT molecular complexity index is 773. The van der Waals surface area contributed by atoms with Gasteiger partial charge in [0.15, 0.2) is 5.78 Å². The minimum atomic E-state index is 0.208. The Kier molecular flexibility index (Phi) is 10.9. The number of aryl methyl sites for hydroxylation is 1. The van der Waals surface area contributed by atoms with Gasteiger partial charge in [-0.1, -0.05) is 83.7 Å². The quantitative estimate of drug-likeness (QED) is 0.288. The maximum Gasteiger partial charge on any atom is 0.193 e. The predicted molar refractivity (Wildman–Crippen MR) is 131 cm³/mol. The van der Waals surface area contributed by atoms with Gasteiger partial charge in [-0.15, -0.1) is 0 Å². The molecule has 0 aromatic heterocycles. The number of carbonyl (C=O) groups excluding carboxylic acids is 1. The second-order valence-electron chi connectivity index (χ2n) is 8.63. The van der Waals surface area contributed by atoms with E-state index in [0.717, 1.165) is 49.7 Å². The van der Waals surface area contributed by atoms with Crippen molar-refractivity contribution in [2.45, 2.75) is 105 Å². The zero-order valence-corrected chi connectivity index (χ0v) is 19.9. The van der Waals surface area contributed by atoms with Gasteiger partial charge in [0, 0.05) is 11.1 Å². The Hall–Kier alpha value is -1.89. The lowest BCUT2D eigenvalue weighted by atomic mass is 9.81. The Morgan fingerprint density at radius 2 is 1.13 bits per heavy atom. The van der Waals surface area contributed by atoms with Gasteiger partial charge in [0.1, 0.15) is 0 Å². The number of hydrogen-bond donors (Lipinski definition) is 0. The third-order valence-electron chi connectivity index (χ3n) is 6.18. The Morgan fingerprint density at radius 3 is 1.70 bits per heavy atom. The summed E-state index contributed by atoms with van der Waals surface area (Å²) in [6.07, 6.45) is 13.9. The molecule has 0 unspecified atom stereocenters. The third-order valence-corrected chi connectivity index (χ3v) is 6.18. The second kappa shape index (κ2) is 13.4. The third kappa shape index (κ3) is 6.56. The summed E-state index contributed by atoms with van der Waals surface area (Å²) in [4.78, 5) is 13.6. The molecule has 0 aliphatic heterocycles. The highest BCUT2D eigenvalue weighted by atomic mass is 16.1. The van der Waals surface area contributed by atoms with Gasteiger partial charge < -0.3 is 0 Å². The molecule has 0 saturated carbocycles. The number of rotatable bonds is 14. The molecule has 0 bridgehead atoms. The predicted octanol–water partition coefficient (Wildman–Crippen LogP) is 8.29. The van der Waals surface area contributed by atoms with E-state index in [4.69, 9.17) is 0 Å². The van der Waals surface area contributed by atoms with Crippen LogP contribution in [0.2, 0.25) is 0 Å². The maximum atomic E-state index is 13.6. The van der Waals surface area contributed by atoms with Crippen LogP contribution in [0.5, 0.6) is 0 Å². The largest absolute Gasteiger partial charge is 0.289 e. The van der Waals surface area contributed by atoms with Gasteiger partial charge in [0.25, 0.3) is 0 Å². The number of carbonyl (C=O) groups is 1. The summed E-state index contributed by atoms with van der Waals surface area (Å²) in [5, 5.41) is 0. The summed E-state index contributed by atoms with van der Waals surface area (Å²) >= 11 is 0. The molecule has 2 aromatic carbocycles. The average Bonchev–Trinajstić information content (AvgIpc) is 2.79. The minimum absolute atomic E-state index is 0.208. The zero-order chi connectivity index (χ0) is 21.8. The van der Waals surface area contributed by atoms with Crippen LogP contribution in [0.15, 0.2) is 36.4 Å². The molecular formula is C29H42O. The molecular weight excluding hydrogens is 364 g/mol. The van der Waals surface area contributed by atoms with Crippen LogP contribution in [0.3, 0.4) is 0 Å². The van der Waals surface area contributed by atoms with Gasteiger partial charge in [-0.25, -0.2) is 0 Å². The first-order valence-electron chi connectivity index (χ1n) is 12.4. The van der Waals surface area contributed by atoms with Crippen LogP contribution in [-0.2, 0) is 25.7 Å². The van der Waals surface area contributed by atoms with Gasteiger partial charge in [0.05, 0.1) is 0 Å². The van der Waals surface area contributed by atoms with E-state index in [1.807, 2.05) is 30.3 Å². The molecule has 30 heavy (non-hydrogen) atoms. The molecule has 0 heterocycles. The van der Waals surface area contributed by atoms with E-state index in [-0.39, 0.29) is 5.78 Å². The Balaban J connectivity index is 2.68. The van der Waals surface area contributed by atoms with Crippen LogP contribution in [0.4, 0.5) is 0 Å². The van der Waals surface area contributed by atoms with Crippen LogP contribution in [-0.4, -0.2) is 5.78 Å². The van der Waals surface area contributed by atoms with E-state index < -0.39 is 0 Å². The smallest absolute Gasteiger partial charge is 0.193 e. The first-order valence-corrected chi connectivity index (χ1v) is 12.4. The van der Waals surface area contributed by atoms with E-state index in [2.05, 4.69) is 33.8 Å². The molecule has 1 heteroatoms. The number of benzene rings is 2. The number of unbranched alkanes of at least 4 members (excludes halogenated alkanes) is 4. The molecule has 0 N–H and O–H groups in total. The molecule has 0 aliphatic carbocycles. The molecule has 0 fully saturated rings. The Morgan fingerprint density at radius 1 is 0.633 bits per heavy atom. The lowest BCUT2D eigenvalue weighted by Crippen LogP contribution is -2.14. The van der Waals surface area contributed by atoms with Crippen molar-refractivity contribution in [1.82, 2.24) is 0 Å². The van der Waals surface area contributed by atoms with Crippen LogP contribution in [0.1, 0.15) is 117 Å². The molecule has 2 rings (SSSR count). The van der Waals surface area contributed by atoms with Crippen molar-refractivity contribution in [2.75, 3.05) is 0 Å². The molecule has 0 amide bonds. The first-order chi connectivity index (χ1) is 14.7. The lowest BCUT2D eigenvalue weighted by Gasteiger charge is -2.23. The fraction of sp³-hybridized carbons (Fsp3) is 0.552. The van der Waals surface area contributed by atoms with E-state index in [9.17, 15) is 4.79 Å². The van der Waals surface area contributed by atoms with Crippen molar-refractivity contribution in [3.8, 4) is 0 Å². The summed E-state index contributed by atoms with van der Waals surface area (Å²) in [5.41, 5.74) is 7.69. The summed E-state index contributed by atoms with van der Waals surface area (Å²) in [6, 6.07) is 12.2. The van der Waals surface area contributed by atoms with E-state index in [1.165, 1.54) is 55.2 Å². The highest BCUT2D eigenvalue weighted by Crippen LogP contribution is 2.31. The highest BCUT2D eigenvalue weighted by molar-refractivity contribution is 6.10. The number of ketones is 1. The van der Waals surface area contributed by atoms with Crippen LogP contribution >= 0.6 is 0 Å². The van der Waals surface area contributed by atoms with Gasteiger partial charge in [-0.2, -0.15) is 0 Å². The lowest BCUT2D eigenvalue weighted by molar-refractivity contribution is 0.103. The fourth-order valence-electron chi connectivity index (χ4n) is 4.38. The van der Waals surface area contributed by atoms with Gasteiger partial charge in [-0.05, 0) is 79.7 Å². The summed E-state index contributed by atoms with van der Waals surface area (Å²) < 4.78 is 0. The van der Waals surface area contributed by atoms with Crippen LogP contribution in [0, 0.1) is 0 Å². The minimum Gasteiger partial charge on any atom is -0.289 e. The highest BCUT2D eigenvalue weighted by Gasteiger charge is 2.21. The summed E-state index contributed by atoms with van der Waals surface area (Å²) in [5.74, 6) is 0.208. The topological polar surface area (TPSA) is 17.1 Å². The van der Waals surface area contributed by atoms with Crippen LogP contribution in [0.25, 0.3) is 0 Å². The monoisotopic (exact) mass is 406 g/mol. The van der Waals surface area contributed by atoms with Gasteiger partial charge >= 0.3 is 0 Å². The van der Waals surface area contributed by atoms with E-state index in [1.54, 1.807) is 5.56 Å². The van der Waals surface area contributed by atoms with Crippen molar-refractivity contribution in [2.24, 2.45) is 0 Å². The van der Waals surface area contributed by atoms with Crippen molar-refractivity contribution >= 4 is 5.78 Å². The van der Waals surface area contributed by atoms with E-state index in [0.29, 0.717) is 0 Å². The average molecular weight is 407 g/mol. The molecule has 164 valence electrons. The summed E-state index contributed by atoms with van der Waals surface area (Å²) in [6.45, 7) is 9.06. The molecule has 2 aromatic rings. The standard InChI is InChI=1S/C29H42O/c1-5-9-16-24-22-28(29(30)23-17-14-13-15-18-23)27(21-12-8-4)26(20-11-7-3)25(24)19-10-6-2/h13-15,17-18,22H,5-12,16,19-21H2,1-4H3. The van der Waals surface area contributed by atoms with Gasteiger partial charge in [-0.3, -0.25) is 4.79 Å². The SMILES string of the molecule is CCCCc1cc(C(=O)c2ccccc2)c(CCCC)c(CCCC)c1CCCC. The van der Waals surface area contributed by atoms with Crippen molar-refractivity contribution < 1.29 is 4.79 Å². The van der Waals surface area contributed by atoms with Crippen LogP contribution < -0.4 is 0 Å². The molecule has 0 atom stereocenters. The summed E-state index contributed by atoms with van der Waals surface area (Å²) in [7, 11) is 0. The number of hydrogen-bond acceptors (Lipinski definition) is 1. The molecule has 0 radical (unpaired) electrons. The molecule has 0 aliphatic rings. The molecule has 1 nitrogen and oxygen atoms in total. The normalized spacial score (nSPS) is 11.1. The van der Waals surface area contributed by atoms with Crippen molar-refractivity contribution in [3.63, 3.8) is 0 Å². The maximum absolute atomic E-state index is 13.6. The van der Waals surface area contributed by atoms with E-state index >= 15 is 0 Å². The fourth-order valence-corrected chi connectivity index (χ4v) is 4.38. The van der Waals surface area contributed by atoms with Crippen molar-refractivity contribution in [3.05, 3.63) is 69.8 Å². The zero-order valence-electron chi connectivity index (χ0n) is 19.9. The van der Waals surface area contributed by atoms with Crippen molar-refractivity contribution in [1.29, 1.82) is 0 Å². The second-order valence-corrected chi connectivity index (χ2v) is 8.63. The van der Waals surface area contributed by atoms with Gasteiger partial charge in [0.2, 0.25) is 0 Å². The molecule has 0 saturated heterocycles. The molecule has 0 spiro atoms.